The Balaban J connectivity index is 1.29. The van der Waals surface area contributed by atoms with Gasteiger partial charge in [0.25, 0.3) is 0 Å². The molecule has 0 saturated heterocycles. The molecular weight excluding hydrogens is 460 g/mol. The summed E-state index contributed by atoms with van der Waals surface area (Å²) in [6.07, 6.45) is 7.59. The lowest BCUT2D eigenvalue weighted by molar-refractivity contribution is 0.236. The topological polar surface area (TPSA) is 92.2 Å². The van der Waals surface area contributed by atoms with E-state index in [2.05, 4.69) is 55.2 Å². The molecule has 0 bridgehead atoms. The Hall–Kier alpha value is -3.27. The van der Waals surface area contributed by atoms with Crippen LogP contribution in [0.1, 0.15) is 11.1 Å². The molecule has 1 unspecified atom stereocenters. The van der Waals surface area contributed by atoms with Gasteiger partial charge in [-0.05, 0) is 41.3 Å². The predicted molar refractivity (Wildman–Crippen MR) is 140 cm³/mol. The first kappa shape index (κ1) is 23.5. The molecule has 2 aromatic heterocycles. The summed E-state index contributed by atoms with van der Waals surface area (Å²) in [5.41, 5.74) is 7.58. The lowest BCUT2D eigenvalue weighted by atomic mass is 9.99. The van der Waals surface area contributed by atoms with Gasteiger partial charge in [0.1, 0.15) is 0 Å². The number of pyridine rings is 1. The lowest BCUT2D eigenvalue weighted by Crippen LogP contribution is -2.48. The van der Waals surface area contributed by atoms with Crippen molar-refractivity contribution in [3.05, 3.63) is 78.4 Å². The third-order valence-corrected chi connectivity index (χ3v) is 7.18. The van der Waals surface area contributed by atoms with Crippen molar-refractivity contribution in [2.24, 2.45) is 7.05 Å². The first-order valence-corrected chi connectivity index (χ1v) is 13.6. The van der Waals surface area contributed by atoms with Gasteiger partial charge >= 0.3 is 0 Å². The summed E-state index contributed by atoms with van der Waals surface area (Å²) in [5, 5.41) is 3.40. The Kier molecular flexibility index (Phi) is 6.55. The summed E-state index contributed by atoms with van der Waals surface area (Å²) < 4.78 is 28.9. The van der Waals surface area contributed by atoms with Gasteiger partial charge in [0, 0.05) is 51.2 Å². The molecular formula is C26H30N6O2S. The van der Waals surface area contributed by atoms with Gasteiger partial charge in [-0.1, -0.05) is 30.3 Å². The van der Waals surface area contributed by atoms with Crippen LogP contribution in [0.25, 0.3) is 22.2 Å². The Labute approximate surface area is 206 Å². The summed E-state index contributed by atoms with van der Waals surface area (Å²) in [4.78, 5) is 11.1. The van der Waals surface area contributed by atoms with Crippen molar-refractivity contribution in [2.45, 2.75) is 19.0 Å². The second kappa shape index (κ2) is 9.77. The molecule has 1 aliphatic rings. The molecule has 3 heterocycles. The van der Waals surface area contributed by atoms with Crippen LogP contribution in [-0.4, -0.2) is 59.8 Å². The normalized spacial score (nSPS) is 15.1. The molecule has 0 aliphatic carbocycles. The molecule has 0 saturated carbocycles. The van der Waals surface area contributed by atoms with Gasteiger partial charge in [-0.15, -0.1) is 0 Å². The Morgan fingerprint density at radius 1 is 1.06 bits per heavy atom. The zero-order valence-electron chi connectivity index (χ0n) is 20.0. The van der Waals surface area contributed by atoms with Crippen LogP contribution in [0.3, 0.4) is 0 Å². The van der Waals surface area contributed by atoms with E-state index in [1.165, 1.54) is 17.4 Å². The molecule has 0 amide bonds. The first-order chi connectivity index (χ1) is 16.8. The molecule has 8 nitrogen and oxygen atoms in total. The van der Waals surface area contributed by atoms with E-state index in [1.54, 1.807) is 12.5 Å². The van der Waals surface area contributed by atoms with E-state index in [1.807, 2.05) is 36.0 Å². The van der Waals surface area contributed by atoms with Crippen molar-refractivity contribution in [1.29, 1.82) is 0 Å². The maximum absolute atomic E-state index is 12.1. The summed E-state index contributed by atoms with van der Waals surface area (Å²) in [7, 11) is -1.37. The SMILES string of the molecule is Cn1cnc2ccc(-c3cncc(NCC(CN4CCc5ccccc5C4)NS(C)(=O)=O)c3)cc21. The number of aryl methyl sites for hydroxylation is 1. The van der Waals surface area contributed by atoms with Crippen LogP contribution in [0.15, 0.2) is 67.3 Å². The standard InChI is InChI=1S/C26H30N6O2S/c1-31-18-29-25-8-7-20(12-26(25)31)22-11-23(14-27-13-22)28-15-24(30-35(2,33)34)17-32-10-9-19-5-3-4-6-21(19)16-32/h3-8,11-14,18,24,28,30H,9-10,15-17H2,1-2H3. The van der Waals surface area contributed by atoms with Crippen molar-refractivity contribution in [2.75, 3.05) is 31.2 Å². The highest BCUT2D eigenvalue weighted by atomic mass is 32.2. The third-order valence-electron chi connectivity index (χ3n) is 6.42. The molecule has 9 heteroatoms. The van der Waals surface area contributed by atoms with Crippen molar-refractivity contribution in [1.82, 2.24) is 24.2 Å². The summed E-state index contributed by atoms with van der Waals surface area (Å²) >= 11 is 0. The van der Waals surface area contributed by atoms with Crippen LogP contribution in [-0.2, 0) is 30.0 Å². The number of fused-ring (bicyclic) bond motifs is 2. The maximum atomic E-state index is 12.1. The van der Waals surface area contributed by atoms with Crippen molar-refractivity contribution in [3.63, 3.8) is 0 Å². The van der Waals surface area contributed by atoms with E-state index in [0.29, 0.717) is 13.1 Å². The number of hydrogen-bond donors (Lipinski definition) is 2. The van der Waals surface area contributed by atoms with Gasteiger partial charge in [-0.2, -0.15) is 0 Å². The number of aromatic nitrogens is 3. The van der Waals surface area contributed by atoms with Gasteiger partial charge in [-0.25, -0.2) is 18.1 Å². The largest absolute Gasteiger partial charge is 0.382 e. The molecule has 2 aromatic carbocycles. The highest BCUT2D eigenvalue weighted by Gasteiger charge is 2.21. The quantitative estimate of drug-likeness (QED) is 0.395. The molecule has 5 rings (SSSR count). The Morgan fingerprint density at radius 3 is 2.71 bits per heavy atom. The number of nitrogens with zero attached hydrogens (tertiary/aromatic N) is 4. The molecule has 182 valence electrons. The number of rotatable bonds is 8. The predicted octanol–water partition coefficient (Wildman–Crippen LogP) is 3.02. The molecule has 1 atom stereocenters. The smallest absolute Gasteiger partial charge is 0.209 e. The third kappa shape index (κ3) is 5.70. The van der Waals surface area contributed by atoms with Crippen LogP contribution < -0.4 is 10.0 Å². The number of imidazole rings is 1. The minimum atomic E-state index is -3.35. The van der Waals surface area contributed by atoms with Crippen molar-refractivity contribution < 1.29 is 8.42 Å². The van der Waals surface area contributed by atoms with E-state index in [9.17, 15) is 8.42 Å². The van der Waals surface area contributed by atoms with Crippen LogP contribution in [0.2, 0.25) is 0 Å². The second-order valence-electron chi connectivity index (χ2n) is 9.24. The fourth-order valence-corrected chi connectivity index (χ4v) is 5.47. The molecule has 0 radical (unpaired) electrons. The minimum Gasteiger partial charge on any atom is -0.382 e. The zero-order chi connectivity index (χ0) is 24.4. The number of nitrogens with one attached hydrogen (secondary N) is 2. The number of anilines is 1. The van der Waals surface area contributed by atoms with E-state index in [-0.39, 0.29) is 6.04 Å². The summed E-state index contributed by atoms with van der Waals surface area (Å²) in [5.74, 6) is 0. The fraction of sp³-hybridized carbons (Fsp3) is 0.308. The van der Waals surface area contributed by atoms with Crippen molar-refractivity contribution in [3.8, 4) is 11.1 Å². The van der Waals surface area contributed by atoms with Gasteiger partial charge in [0.05, 0.1) is 35.3 Å². The summed E-state index contributed by atoms with van der Waals surface area (Å²) in [6, 6.07) is 16.4. The van der Waals surface area contributed by atoms with Crippen LogP contribution in [0.4, 0.5) is 5.69 Å². The van der Waals surface area contributed by atoms with Gasteiger partial charge in [-0.3, -0.25) is 9.88 Å². The van der Waals surface area contributed by atoms with Crippen LogP contribution in [0, 0.1) is 0 Å². The van der Waals surface area contributed by atoms with Crippen LogP contribution >= 0.6 is 0 Å². The maximum Gasteiger partial charge on any atom is 0.209 e. The zero-order valence-corrected chi connectivity index (χ0v) is 20.8. The van der Waals surface area contributed by atoms with Gasteiger partial charge < -0.3 is 9.88 Å². The first-order valence-electron chi connectivity index (χ1n) is 11.7. The molecule has 1 aliphatic heterocycles. The van der Waals surface area contributed by atoms with E-state index >= 15 is 0 Å². The Morgan fingerprint density at radius 2 is 1.89 bits per heavy atom. The minimum absolute atomic E-state index is 0.273. The molecule has 0 spiro atoms. The highest BCUT2D eigenvalue weighted by molar-refractivity contribution is 7.88. The second-order valence-corrected chi connectivity index (χ2v) is 11.0. The molecule has 0 fully saturated rings. The van der Waals surface area contributed by atoms with Crippen molar-refractivity contribution >= 4 is 26.7 Å². The lowest BCUT2D eigenvalue weighted by Gasteiger charge is -2.32. The van der Waals surface area contributed by atoms with Crippen LogP contribution in [0.5, 0.6) is 0 Å². The molecule has 35 heavy (non-hydrogen) atoms. The monoisotopic (exact) mass is 490 g/mol. The molecule has 4 aromatic rings. The average molecular weight is 491 g/mol. The van der Waals surface area contributed by atoms with E-state index in [4.69, 9.17) is 0 Å². The average Bonchev–Trinajstić information content (AvgIpc) is 3.22. The Bertz CT molecular complexity index is 1450. The van der Waals surface area contributed by atoms with E-state index in [0.717, 1.165) is 47.4 Å². The van der Waals surface area contributed by atoms with Gasteiger partial charge in [0.2, 0.25) is 10.0 Å². The number of sulfonamides is 1. The van der Waals surface area contributed by atoms with E-state index < -0.39 is 10.0 Å². The number of hydrogen-bond acceptors (Lipinski definition) is 6. The highest BCUT2D eigenvalue weighted by Crippen LogP contribution is 2.25. The molecule has 2 N–H and O–H groups in total. The fourth-order valence-electron chi connectivity index (χ4n) is 4.71. The number of benzene rings is 2. The summed E-state index contributed by atoms with van der Waals surface area (Å²) in [6.45, 7) is 2.81. The van der Waals surface area contributed by atoms with Gasteiger partial charge in [0.15, 0.2) is 0 Å².